The Labute approximate surface area is 197 Å². The number of halogens is 2. The average molecular weight is 490 g/mol. The highest BCUT2D eigenvalue weighted by molar-refractivity contribution is 7.89. The highest BCUT2D eigenvalue weighted by atomic mass is 35.5. The van der Waals surface area contributed by atoms with Crippen molar-refractivity contribution in [2.75, 3.05) is 25.5 Å². The number of amides is 1. The number of anilines is 1. The summed E-state index contributed by atoms with van der Waals surface area (Å²) in [7, 11) is -0.275. The smallest absolute Gasteiger partial charge is 0.238 e. The van der Waals surface area contributed by atoms with Crippen molar-refractivity contribution in [3.05, 3.63) is 70.5 Å². The van der Waals surface area contributed by atoms with Crippen LogP contribution in [-0.2, 0) is 14.8 Å². The Bertz CT molecular complexity index is 1360. The molecule has 2 atom stereocenters. The lowest BCUT2D eigenvalue weighted by Gasteiger charge is -2.23. The summed E-state index contributed by atoms with van der Waals surface area (Å²) in [5.41, 5.74) is 1.31. The number of carbonyl (C=O) groups excluding carboxylic acids is 1. The van der Waals surface area contributed by atoms with Crippen LogP contribution in [0.5, 0.6) is 0 Å². The number of fused-ring (bicyclic) bond motifs is 1. The Morgan fingerprint density at radius 1 is 1.15 bits per heavy atom. The first-order valence-electron chi connectivity index (χ1n) is 10.5. The van der Waals surface area contributed by atoms with Gasteiger partial charge < -0.3 is 9.80 Å². The van der Waals surface area contributed by atoms with E-state index in [1.165, 1.54) is 17.0 Å². The number of nitrogens with two attached hydrogens (primary N) is 1. The van der Waals surface area contributed by atoms with Gasteiger partial charge in [0.1, 0.15) is 5.82 Å². The fraction of sp³-hybridized carbons (Fsp3) is 0.292. The van der Waals surface area contributed by atoms with E-state index in [0.717, 1.165) is 5.56 Å². The van der Waals surface area contributed by atoms with Gasteiger partial charge in [-0.15, -0.1) is 0 Å². The van der Waals surface area contributed by atoms with Gasteiger partial charge in [0.05, 0.1) is 16.5 Å². The molecule has 0 bridgehead atoms. The van der Waals surface area contributed by atoms with E-state index in [1.807, 2.05) is 25.9 Å². The lowest BCUT2D eigenvalue weighted by molar-refractivity contribution is -0.118. The molecule has 0 spiro atoms. The SMILES string of the molecule is C[C@@H](c1ccc(N2CC[C@@H](c3c(S(N)(=O)=O)ccc4cc(Cl)ccc34)C2=O)c(F)c1)N(C)C. The molecule has 1 amide bonds. The second-order valence-corrected chi connectivity index (χ2v) is 10.5. The zero-order valence-electron chi connectivity index (χ0n) is 18.5. The summed E-state index contributed by atoms with van der Waals surface area (Å²) in [5.74, 6) is -1.63. The van der Waals surface area contributed by atoms with E-state index in [0.29, 0.717) is 27.8 Å². The molecule has 1 aliphatic heterocycles. The van der Waals surface area contributed by atoms with Gasteiger partial charge in [0.25, 0.3) is 0 Å². The maximum atomic E-state index is 15.1. The molecule has 0 aromatic heterocycles. The largest absolute Gasteiger partial charge is 0.309 e. The van der Waals surface area contributed by atoms with Crippen LogP contribution < -0.4 is 10.0 Å². The molecule has 6 nitrogen and oxygen atoms in total. The van der Waals surface area contributed by atoms with E-state index in [2.05, 4.69) is 0 Å². The summed E-state index contributed by atoms with van der Waals surface area (Å²) >= 11 is 6.10. The van der Waals surface area contributed by atoms with E-state index < -0.39 is 21.8 Å². The van der Waals surface area contributed by atoms with E-state index in [9.17, 15) is 13.2 Å². The van der Waals surface area contributed by atoms with Crippen LogP contribution in [0.2, 0.25) is 5.02 Å². The fourth-order valence-corrected chi connectivity index (χ4v) is 5.40. The number of primary sulfonamides is 1. The van der Waals surface area contributed by atoms with Gasteiger partial charge in [-0.25, -0.2) is 17.9 Å². The van der Waals surface area contributed by atoms with Gasteiger partial charge in [0.15, 0.2) is 0 Å². The molecule has 0 unspecified atom stereocenters. The Kier molecular flexibility index (Phi) is 6.22. The quantitative estimate of drug-likeness (QED) is 0.575. The van der Waals surface area contributed by atoms with Crippen LogP contribution >= 0.6 is 11.6 Å². The van der Waals surface area contributed by atoms with Crippen molar-refractivity contribution in [3.8, 4) is 0 Å². The van der Waals surface area contributed by atoms with Crippen LogP contribution in [0.25, 0.3) is 10.8 Å². The molecule has 3 aromatic carbocycles. The summed E-state index contributed by atoms with van der Waals surface area (Å²) in [6.45, 7) is 2.23. The van der Waals surface area contributed by atoms with E-state index in [4.69, 9.17) is 16.7 Å². The summed E-state index contributed by atoms with van der Waals surface area (Å²) in [4.78, 5) is 16.7. The lowest BCUT2D eigenvalue weighted by Crippen LogP contribution is -2.28. The molecule has 1 aliphatic rings. The van der Waals surface area contributed by atoms with Gasteiger partial charge >= 0.3 is 0 Å². The Morgan fingerprint density at radius 2 is 1.88 bits per heavy atom. The Morgan fingerprint density at radius 3 is 2.52 bits per heavy atom. The second-order valence-electron chi connectivity index (χ2n) is 8.57. The fourth-order valence-electron chi connectivity index (χ4n) is 4.40. The predicted molar refractivity (Wildman–Crippen MR) is 129 cm³/mol. The maximum absolute atomic E-state index is 15.1. The molecule has 1 saturated heterocycles. The van der Waals surface area contributed by atoms with Crippen LogP contribution in [-0.4, -0.2) is 39.9 Å². The van der Waals surface area contributed by atoms with Crippen molar-refractivity contribution in [2.45, 2.75) is 30.2 Å². The van der Waals surface area contributed by atoms with Crippen molar-refractivity contribution in [2.24, 2.45) is 5.14 Å². The minimum Gasteiger partial charge on any atom is -0.309 e. The molecule has 33 heavy (non-hydrogen) atoms. The molecule has 1 fully saturated rings. The standard InChI is InChI=1S/C24H25ClFN3O3S/c1-14(28(2)3)15-4-8-21(20(26)13-15)29-11-10-19(24(29)30)23-18-7-6-17(25)12-16(18)5-9-22(23)33(27,31)32/h4-9,12-14,19H,10-11H2,1-3H3,(H2,27,31,32)/t14-,19-/m0/s1. The lowest BCUT2D eigenvalue weighted by atomic mass is 9.92. The first kappa shape index (κ1) is 23.6. The third-order valence-electron chi connectivity index (χ3n) is 6.36. The predicted octanol–water partition coefficient (Wildman–Crippen LogP) is 4.42. The molecule has 1 heterocycles. The van der Waals surface area contributed by atoms with Gasteiger partial charge in [0.2, 0.25) is 15.9 Å². The van der Waals surface area contributed by atoms with Gasteiger partial charge in [-0.3, -0.25) is 4.79 Å². The molecular weight excluding hydrogens is 465 g/mol. The van der Waals surface area contributed by atoms with Crippen LogP contribution in [0, 0.1) is 5.82 Å². The molecule has 0 radical (unpaired) electrons. The minimum absolute atomic E-state index is 0.00963. The summed E-state index contributed by atoms with van der Waals surface area (Å²) in [5, 5.41) is 7.26. The number of hydrogen-bond donors (Lipinski definition) is 1. The van der Waals surface area contributed by atoms with Crippen molar-refractivity contribution in [1.82, 2.24) is 4.90 Å². The summed E-state index contributed by atoms with van der Waals surface area (Å²) in [6, 6.07) is 12.9. The number of sulfonamides is 1. The molecule has 4 rings (SSSR count). The number of hydrogen-bond acceptors (Lipinski definition) is 4. The first-order chi connectivity index (χ1) is 15.5. The minimum atomic E-state index is -4.09. The zero-order chi connectivity index (χ0) is 24.1. The topological polar surface area (TPSA) is 83.7 Å². The first-order valence-corrected chi connectivity index (χ1v) is 12.4. The Balaban J connectivity index is 1.78. The van der Waals surface area contributed by atoms with Crippen LogP contribution in [0.1, 0.15) is 36.4 Å². The molecular formula is C24H25ClFN3O3S. The average Bonchev–Trinajstić information content (AvgIpc) is 3.12. The summed E-state index contributed by atoms with van der Waals surface area (Å²) < 4.78 is 39.8. The van der Waals surface area contributed by atoms with Gasteiger partial charge in [-0.2, -0.15) is 0 Å². The number of carbonyl (C=O) groups is 1. The zero-order valence-corrected chi connectivity index (χ0v) is 20.1. The highest BCUT2D eigenvalue weighted by Gasteiger charge is 2.38. The molecule has 0 aliphatic carbocycles. The Hall–Kier alpha value is -2.52. The number of rotatable bonds is 5. The number of benzene rings is 3. The van der Waals surface area contributed by atoms with E-state index in [1.54, 1.807) is 36.4 Å². The van der Waals surface area contributed by atoms with Gasteiger partial charge in [-0.05, 0) is 79.7 Å². The van der Waals surface area contributed by atoms with Crippen LogP contribution in [0.4, 0.5) is 10.1 Å². The van der Waals surface area contributed by atoms with E-state index >= 15 is 4.39 Å². The van der Waals surface area contributed by atoms with Crippen LogP contribution in [0.15, 0.2) is 53.4 Å². The molecule has 3 aromatic rings. The van der Waals surface area contributed by atoms with Crippen molar-refractivity contribution < 1.29 is 17.6 Å². The van der Waals surface area contributed by atoms with Crippen molar-refractivity contribution >= 4 is 44.0 Å². The van der Waals surface area contributed by atoms with Gasteiger partial charge in [-0.1, -0.05) is 29.8 Å². The third kappa shape index (κ3) is 4.36. The summed E-state index contributed by atoms with van der Waals surface area (Å²) in [6.07, 6.45) is 0.332. The van der Waals surface area contributed by atoms with Crippen molar-refractivity contribution in [3.63, 3.8) is 0 Å². The third-order valence-corrected chi connectivity index (χ3v) is 7.57. The molecule has 9 heteroatoms. The maximum Gasteiger partial charge on any atom is 0.238 e. The van der Waals surface area contributed by atoms with Gasteiger partial charge in [0, 0.05) is 17.6 Å². The highest BCUT2D eigenvalue weighted by Crippen LogP contribution is 2.40. The second kappa shape index (κ2) is 8.68. The monoisotopic (exact) mass is 489 g/mol. The van der Waals surface area contributed by atoms with E-state index in [-0.39, 0.29) is 29.1 Å². The molecule has 2 N–H and O–H groups in total. The normalized spacial score (nSPS) is 17.8. The van der Waals surface area contributed by atoms with Crippen molar-refractivity contribution in [1.29, 1.82) is 0 Å². The molecule has 0 saturated carbocycles. The number of nitrogens with zero attached hydrogens (tertiary/aromatic N) is 2. The van der Waals surface area contributed by atoms with Crippen LogP contribution in [0.3, 0.4) is 0 Å². The molecule has 174 valence electrons.